The molecule has 9 nitrogen and oxygen atoms in total. The fraction of sp³-hybridized carbons (Fsp3) is 0.619. The van der Waals surface area contributed by atoms with Gasteiger partial charge in [-0.2, -0.15) is 5.10 Å². The maximum absolute atomic E-state index is 13.2. The summed E-state index contributed by atoms with van der Waals surface area (Å²) in [6, 6.07) is 0. The van der Waals surface area contributed by atoms with E-state index in [-0.39, 0.29) is 23.8 Å². The molecule has 0 saturated heterocycles. The van der Waals surface area contributed by atoms with Crippen molar-refractivity contribution in [1.82, 2.24) is 19.3 Å². The summed E-state index contributed by atoms with van der Waals surface area (Å²) in [5.74, 6) is -0.139. The number of amides is 1. The second-order valence-corrected chi connectivity index (χ2v) is 7.67. The molecular weight excluding hydrogens is 384 g/mol. The van der Waals surface area contributed by atoms with Gasteiger partial charge in [-0.1, -0.05) is 26.7 Å². The van der Waals surface area contributed by atoms with Gasteiger partial charge >= 0.3 is 5.69 Å². The number of anilines is 2. The van der Waals surface area contributed by atoms with Gasteiger partial charge in [-0.3, -0.25) is 23.8 Å². The number of hydrogen-bond donors (Lipinski definition) is 2. The number of aryl methyl sites for hydroxylation is 2. The number of nitrogens with one attached hydrogen (secondary N) is 1. The van der Waals surface area contributed by atoms with Crippen LogP contribution in [0.1, 0.15) is 62.9 Å². The molecule has 0 aromatic carbocycles. The summed E-state index contributed by atoms with van der Waals surface area (Å²) in [5.41, 5.74) is 8.09. The summed E-state index contributed by atoms with van der Waals surface area (Å²) in [5, 5.41) is 4.40. The maximum atomic E-state index is 13.2. The molecule has 0 aliphatic carbocycles. The van der Waals surface area contributed by atoms with Gasteiger partial charge < -0.3 is 10.6 Å². The van der Waals surface area contributed by atoms with Gasteiger partial charge in [0, 0.05) is 32.3 Å². The molecular formula is C21H34N6O3. The van der Waals surface area contributed by atoms with E-state index in [1.165, 1.54) is 9.47 Å². The quantitative estimate of drug-likeness (QED) is 0.612. The van der Waals surface area contributed by atoms with E-state index in [0.717, 1.165) is 42.6 Å². The van der Waals surface area contributed by atoms with E-state index in [1.54, 1.807) is 4.68 Å². The minimum absolute atomic E-state index is 0.0513. The molecule has 0 aliphatic heterocycles. The fourth-order valence-electron chi connectivity index (χ4n) is 3.60. The first-order valence-electron chi connectivity index (χ1n) is 10.6. The lowest BCUT2D eigenvalue weighted by Crippen LogP contribution is -2.41. The van der Waals surface area contributed by atoms with Gasteiger partial charge in [0.25, 0.3) is 5.56 Å². The standard InChI is InChI=1S/C21H34N6O3/c1-6-8-12-26(17(28)11-10-16-14(3)24-25(5)15(16)4)18-19(22)27(13-9-7-2)21(30)23-20(18)29/h6-13,22H2,1-5H3,(H,23,29,30). The Bertz CT molecular complexity index is 1000. The number of H-pyrrole nitrogens is 1. The van der Waals surface area contributed by atoms with Crippen LogP contribution in [0.4, 0.5) is 11.5 Å². The van der Waals surface area contributed by atoms with Crippen LogP contribution in [0.2, 0.25) is 0 Å². The minimum Gasteiger partial charge on any atom is -0.383 e. The molecule has 2 aromatic heterocycles. The molecule has 0 saturated carbocycles. The molecule has 3 N–H and O–H groups in total. The summed E-state index contributed by atoms with van der Waals surface area (Å²) in [4.78, 5) is 41.8. The Balaban J connectivity index is 2.38. The third-order valence-corrected chi connectivity index (χ3v) is 5.50. The van der Waals surface area contributed by atoms with Crippen molar-refractivity contribution in [1.29, 1.82) is 0 Å². The van der Waals surface area contributed by atoms with Crippen LogP contribution in [0.5, 0.6) is 0 Å². The second kappa shape index (κ2) is 10.3. The van der Waals surface area contributed by atoms with Crippen molar-refractivity contribution in [2.24, 2.45) is 7.05 Å². The molecule has 2 aromatic rings. The number of nitrogens with two attached hydrogens (primary N) is 1. The molecule has 9 heteroatoms. The highest BCUT2D eigenvalue weighted by Gasteiger charge is 2.24. The van der Waals surface area contributed by atoms with Crippen LogP contribution in [-0.4, -0.2) is 31.8 Å². The monoisotopic (exact) mass is 418 g/mol. The Morgan fingerprint density at radius 1 is 1.17 bits per heavy atom. The van der Waals surface area contributed by atoms with E-state index in [0.29, 0.717) is 19.5 Å². The van der Waals surface area contributed by atoms with Crippen molar-refractivity contribution in [2.45, 2.75) is 72.8 Å². The van der Waals surface area contributed by atoms with E-state index >= 15 is 0 Å². The Morgan fingerprint density at radius 3 is 2.40 bits per heavy atom. The van der Waals surface area contributed by atoms with E-state index in [2.05, 4.69) is 10.1 Å². The highest BCUT2D eigenvalue weighted by Crippen LogP contribution is 2.21. The van der Waals surface area contributed by atoms with E-state index in [1.807, 2.05) is 34.7 Å². The lowest BCUT2D eigenvalue weighted by Gasteiger charge is -2.24. The molecule has 2 heterocycles. The number of unbranched alkanes of at least 4 members (excludes halogenated alkanes) is 2. The zero-order valence-corrected chi connectivity index (χ0v) is 18.7. The zero-order valence-electron chi connectivity index (χ0n) is 18.7. The fourth-order valence-corrected chi connectivity index (χ4v) is 3.60. The minimum atomic E-state index is -0.622. The van der Waals surface area contributed by atoms with Crippen LogP contribution < -0.4 is 21.9 Å². The SMILES string of the molecule is CCCCN(C(=O)CCc1c(C)nn(C)c1C)c1c(N)n(CCCC)c(=O)[nH]c1=O. The number of rotatable bonds is 10. The van der Waals surface area contributed by atoms with Gasteiger partial charge in [-0.15, -0.1) is 0 Å². The smallest absolute Gasteiger partial charge is 0.330 e. The number of carbonyl (C=O) groups is 1. The predicted molar refractivity (Wildman–Crippen MR) is 119 cm³/mol. The maximum Gasteiger partial charge on any atom is 0.330 e. The number of nitrogen functional groups attached to an aromatic ring is 1. The van der Waals surface area contributed by atoms with Gasteiger partial charge in [0.15, 0.2) is 5.69 Å². The highest BCUT2D eigenvalue weighted by molar-refractivity contribution is 5.95. The number of aromatic nitrogens is 4. The topological polar surface area (TPSA) is 119 Å². The predicted octanol–water partition coefficient (Wildman–Crippen LogP) is 2.04. The Hall–Kier alpha value is -2.84. The van der Waals surface area contributed by atoms with Gasteiger partial charge in [-0.05, 0) is 38.7 Å². The summed E-state index contributed by atoms with van der Waals surface area (Å²) < 4.78 is 3.15. The van der Waals surface area contributed by atoms with E-state index in [4.69, 9.17) is 5.73 Å². The van der Waals surface area contributed by atoms with Crippen molar-refractivity contribution in [3.8, 4) is 0 Å². The molecule has 0 atom stereocenters. The Kier molecular flexibility index (Phi) is 8.02. The van der Waals surface area contributed by atoms with Gasteiger partial charge in [-0.25, -0.2) is 4.79 Å². The average Bonchev–Trinajstić information content (AvgIpc) is 2.93. The van der Waals surface area contributed by atoms with Gasteiger partial charge in [0.1, 0.15) is 5.82 Å². The summed E-state index contributed by atoms with van der Waals surface area (Å²) in [7, 11) is 1.88. The van der Waals surface area contributed by atoms with Crippen LogP contribution in [0, 0.1) is 13.8 Å². The number of aromatic amines is 1. The molecule has 166 valence electrons. The lowest BCUT2D eigenvalue weighted by atomic mass is 10.1. The summed E-state index contributed by atoms with van der Waals surface area (Å²) in [6.45, 7) is 8.69. The largest absolute Gasteiger partial charge is 0.383 e. The molecule has 0 radical (unpaired) electrons. The second-order valence-electron chi connectivity index (χ2n) is 7.67. The zero-order chi connectivity index (χ0) is 22.4. The van der Waals surface area contributed by atoms with E-state index < -0.39 is 11.2 Å². The lowest BCUT2D eigenvalue weighted by molar-refractivity contribution is -0.118. The van der Waals surface area contributed by atoms with Crippen molar-refractivity contribution >= 4 is 17.4 Å². The van der Waals surface area contributed by atoms with Crippen molar-refractivity contribution < 1.29 is 4.79 Å². The van der Waals surface area contributed by atoms with Crippen LogP contribution in [0.15, 0.2) is 9.59 Å². The third kappa shape index (κ3) is 5.01. The molecule has 2 rings (SSSR count). The highest BCUT2D eigenvalue weighted by atomic mass is 16.2. The third-order valence-electron chi connectivity index (χ3n) is 5.50. The van der Waals surface area contributed by atoms with Crippen LogP contribution >= 0.6 is 0 Å². The van der Waals surface area contributed by atoms with Crippen LogP contribution in [-0.2, 0) is 24.8 Å². The first-order chi connectivity index (χ1) is 14.2. The first kappa shape index (κ1) is 23.4. The normalized spacial score (nSPS) is 11.1. The molecule has 30 heavy (non-hydrogen) atoms. The molecule has 1 amide bonds. The molecule has 0 spiro atoms. The Morgan fingerprint density at radius 2 is 1.83 bits per heavy atom. The van der Waals surface area contributed by atoms with Crippen LogP contribution in [0.3, 0.4) is 0 Å². The number of hydrogen-bond acceptors (Lipinski definition) is 5. The van der Waals surface area contributed by atoms with E-state index in [9.17, 15) is 14.4 Å². The van der Waals surface area contributed by atoms with Crippen molar-refractivity contribution in [3.63, 3.8) is 0 Å². The van der Waals surface area contributed by atoms with Crippen molar-refractivity contribution in [2.75, 3.05) is 17.2 Å². The molecule has 0 unspecified atom stereocenters. The van der Waals surface area contributed by atoms with Gasteiger partial charge in [0.05, 0.1) is 5.69 Å². The Labute approximate surface area is 176 Å². The van der Waals surface area contributed by atoms with Gasteiger partial charge in [0.2, 0.25) is 5.91 Å². The van der Waals surface area contributed by atoms with Crippen molar-refractivity contribution in [3.05, 3.63) is 37.8 Å². The molecule has 0 aliphatic rings. The summed E-state index contributed by atoms with van der Waals surface area (Å²) in [6.07, 6.45) is 3.96. The molecule has 0 bridgehead atoms. The molecule has 0 fully saturated rings. The number of carbonyl (C=O) groups excluding carboxylic acids is 1. The van der Waals surface area contributed by atoms with Crippen LogP contribution in [0.25, 0.3) is 0 Å². The first-order valence-corrected chi connectivity index (χ1v) is 10.6. The summed E-state index contributed by atoms with van der Waals surface area (Å²) >= 11 is 0. The average molecular weight is 419 g/mol. The number of nitrogens with zero attached hydrogens (tertiary/aromatic N) is 4.